The second kappa shape index (κ2) is 6.71. The Morgan fingerprint density at radius 2 is 2.05 bits per heavy atom. The van der Waals surface area contributed by atoms with Crippen LogP contribution in [0.4, 0.5) is 0 Å². The average molecular weight is 260 g/mol. The highest BCUT2D eigenvalue weighted by atomic mass is 16.2. The SMILES string of the molecule is CC[C@H](C)NC(=O)CN(Cc1ccccc1)C1CC1. The van der Waals surface area contributed by atoms with E-state index in [1.807, 2.05) is 6.07 Å². The van der Waals surface area contributed by atoms with E-state index in [0.29, 0.717) is 12.6 Å². The first-order chi connectivity index (χ1) is 9.19. The topological polar surface area (TPSA) is 32.3 Å². The zero-order valence-electron chi connectivity index (χ0n) is 11.9. The lowest BCUT2D eigenvalue weighted by atomic mass is 10.2. The molecule has 1 fully saturated rings. The van der Waals surface area contributed by atoms with E-state index in [9.17, 15) is 4.79 Å². The number of nitrogens with one attached hydrogen (secondary N) is 1. The maximum atomic E-state index is 12.0. The van der Waals surface area contributed by atoms with E-state index >= 15 is 0 Å². The number of amides is 1. The highest BCUT2D eigenvalue weighted by molar-refractivity contribution is 5.78. The first-order valence-electron chi connectivity index (χ1n) is 7.26. The largest absolute Gasteiger partial charge is 0.353 e. The van der Waals surface area contributed by atoms with E-state index in [0.717, 1.165) is 13.0 Å². The van der Waals surface area contributed by atoms with E-state index in [1.54, 1.807) is 0 Å². The first kappa shape index (κ1) is 14.1. The molecule has 3 heteroatoms. The van der Waals surface area contributed by atoms with Gasteiger partial charge in [-0.3, -0.25) is 9.69 Å². The van der Waals surface area contributed by atoms with Gasteiger partial charge in [-0.15, -0.1) is 0 Å². The molecule has 3 nitrogen and oxygen atoms in total. The van der Waals surface area contributed by atoms with Gasteiger partial charge in [0.25, 0.3) is 0 Å². The molecule has 1 aromatic rings. The number of hydrogen-bond donors (Lipinski definition) is 1. The van der Waals surface area contributed by atoms with Gasteiger partial charge in [0.2, 0.25) is 5.91 Å². The number of rotatable bonds is 7. The Labute approximate surface area is 116 Å². The predicted octanol–water partition coefficient (Wildman–Crippen LogP) is 2.57. The minimum Gasteiger partial charge on any atom is -0.353 e. The highest BCUT2D eigenvalue weighted by Crippen LogP contribution is 2.27. The van der Waals surface area contributed by atoms with Crippen molar-refractivity contribution in [1.29, 1.82) is 0 Å². The fourth-order valence-corrected chi connectivity index (χ4v) is 2.18. The summed E-state index contributed by atoms with van der Waals surface area (Å²) < 4.78 is 0. The Balaban J connectivity index is 1.88. The van der Waals surface area contributed by atoms with Crippen molar-refractivity contribution in [3.8, 4) is 0 Å². The second-order valence-corrected chi connectivity index (χ2v) is 5.50. The molecule has 0 saturated heterocycles. The number of hydrogen-bond acceptors (Lipinski definition) is 2. The lowest BCUT2D eigenvalue weighted by Gasteiger charge is -2.22. The smallest absolute Gasteiger partial charge is 0.234 e. The minimum atomic E-state index is 0.150. The molecule has 1 atom stereocenters. The van der Waals surface area contributed by atoms with Crippen LogP contribution >= 0.6 is 0 Å². The Morgan fingerprint density at radius 1 is 1.37 bits per heavy atom. The van der Waals surface area contributed by atoms with Crippen LogP contribution in [0.2, 0.25) is 0 Å². The van der Waals surface area contributed by atoms with Crippen LogP contribution < -0.4 is 5.32 Å². The third-order valence-corrected chi connectivity index (χ3v) is 3.66. The highest BCUT2D eigenvalue weighted by Gasteiger charge is 2.30. The van der Waals surface area contributed by atoms with Gasteiger partial charge in [-0.2, -0.15) is 0 Å². The normalized spacial score (nSPS) is 16.4. The summed E-state index contributed by atoms with van der Waals surface area (Å²) in [5.41, 5.74) is 1.28. The van der Waals surface area contributed by atoms with Gasteiger partial charge in [-0.05, 0) is 31.7 Å². The van der Waals surface area contributed by atoms with Gasteiger partial charge in [0.15, 0.2) is 0 Å². The summed E-state index contributed by atoms with van der Waals surface area (Å²) in [6, 6.07) is 11.3. The van der Waals surface area contributed by atoms with Crippen LogP contribution in [-0.2, 0) is 11.3 Å². The molecule has 1 aliphatic carbocycles. The summed E-state index contributed by atoms with van der Waals surface area (Å²) in [7, 11) is 0. The maximum absolute atomic E-state index is 12.0. The Morgan fingerprint density at radius 3 is 2.63 bits per heavy atom. The third kappa shape index (κ3) is 4.67. The predicted molar refractivity (Wildman–Crippen MR) is 77.8 cm³/mol. The van der Waals surface area contributed by atoms with Crippen LogP contribution in [0.15, 0.2) is 30.3 Å². The van der Waals surface area contributed by atoms with Crippen LogP contribution in [-0.4, -0.2) is 29.4 Å². The van der Waals surface area contributed by atoms with Crippen molar-refractivity contribution in [1.82, 2.24) is 10.2 Å². The van der Waals surface area contributed by atoms with Crippen LogP contribution in [0, 0.1) is 0 Å². The summed E-state index contributed by atoms with van der Waals surface area (Å²) in [5.74, 6) is 0.150. The lowest BCUT2D eigenvalue weighted by Crippen LogP contribution is -2.41. The zero-order chi connectivity index (χ0) is 13.7. The Hall–Kier alpha value is -1.35. The average Bonchev–Trinajstić information content (AvgIpc) is 3.23. The molecular formula is C16H24N2O. The molecule has 0 unspecified atom stereocenters. The van der Waals surface area contributed by atoms with Crippen molar-refractivity contribution in [3.05, 3.63) is 35.9 Å². The standard InChI is InChI=1S/C16H24N2O/c1-3-13(2)17-16(19)12-18(15-9-10-15)11-14-7-5-4-6-8-14/h4-8,13,15H,3,9-12H2,1-2H3,(H,17,19)/t13-/m0/s1. The molecule has 0 heterocycles. The summed E-state index contributed by atoms with van der Waals surface area (Å²) in [5, 5.41) is 3.05. The summed E-state index contributed by atoms with van der Waals surface area (Å²) in [6.45, 7) is 5.54. The molecule has 1 saturated carbocycles. The molecule has 0 aliphatic heterocycles. The molecule has 0 radical (unpaired) electrons. The molecule has 2 rings (SSSR count). The van der Waals surface area contributed by atoms with Crippen molar-refractivity contribution in [2.75, 3.05) is 6.54 Å². The number of carbonyl (C=O) groups excluding carboxylic acids is 1. The van der Waals surface area contributed by atoms with Crippen LogP contribution in [0.25, 0.3) is 0 Å². The third-order valence-electron chi connectivity index (χ3n) is 3.66. The Bertz CT molecular complexity index is 400. The monoisotopic (exact) mass is 260 g/mol. The van der Waals surface area contributed by atoms with Crippen LogP contribution in [0.3, 0.4) is 0 Å². The quantitative estimate of drug-likeness (QED) is 0.817. The molecule has 19 heavy (non-hydrogen) atoms. The fraction of sp³-hybridized carbons (Fsp3) is 0.562. The molecule has 0 aromatic heterocycles. The molecule has 1 aromatic carbocycles. The van der Waals surface area contributed by atoms with E-state index in [-0.39, 0.29) is 11.9 Å². The molecule has 1 N–H and O–H groups in total. The van der Waals surface area contributed by atoms with Crippen LogP contribution in [0.5, 0.6) is 0 Å². The van der Waals surface area contributed by atoms with Gasteiger partial charge < -0.3 is 5.32 Å². The summed E-state index contributed by atoms with van der Waals surface area (Å²) >= 11 is 0. The van der Waals surface area contributed by atoms with E-state index in [2.05, 4.69) is 48.3 Å². The van der Waals surface area contributed by atoms with Crippen molar-refractivity contribution in [3.63, 3.8) is 0 Å². The van der Waals surface area contributed by atoms with Gasteiger partial charge >= 0.3 is 0 Å². The molecule has 0 bridgehead atoms. The van der Waals surface area contributed by atoms with E-state index < -0.39 is 0 Å². The van der Waals surface area contributed by atoms with Gasteiger partial charge in [0.05, 0.1) is 6.54 Å². The van der Waals surface area contributed by atoms with E-state index in [1.165, 1.54) is 18.4 Å². The van der Waals surface area contributed by atoms with Gasteiger partial charge in [-0.1, -0.05) is 37.3 Å². The lowest BCUT2D eigenvalue weighted by molar-refractivity contribution is -0.123. The molecule has 1 amide bonds. The first-order valence-corrected chi connectivity index (χ1v) is 7.26. The zero-order valence-corrected chi connectivity index (χ0v) is 11.9. The molecular weight excluding hydrogens is 236 g/mol. The number of carbonyl (C=O) groups is 1. The molecule has 0 spiro atoms. The Kier molecular flexibility index (Phi) is 4.97. The second-order valence-electron chi connectivity index (χ2n) is 5.50. The van der Waals surface area contributed by atoms with Crippen molar-refractivity contribution in [2.45, 2.75) is 51.7 Å². The van der Waals surface area contributed by atoms with Crippen molar-refractivity contribution >= 4 is 5.91 Å². The van der Waals surface area contributed by atoms with Gasteiger partial charge in [-0.25, -0.2) is 0 Å². The summed E-state index contributed by atoms with van der Waals surface area (Å²) in [6.07, 6.45) is 3.43. The molecule has 104 valence electrons. The van der Waals surface area contributed by atoms with Gasteiger partial charge in [0, 0.05) is 18.6 Å². The molecule has 1 aliphatic rings. The van der Waals surface area contributed by atoms with Crippen molar-refractivity contribution < 1.29 is 4.79 Å². The summed E-state index contributed by atoms with van der Waals surface area (Å²) in [4.78, 5) is 14.3. The van der Waals surface area contributed by atoms with Gasteiger partial charge in [0.1, 0.15) is 0 Å². The number of benzene rings is 1. The number of nitrogens with zero attached hydrogens (tertiary/aromatic N) is 1. The maximum Gasteiger partial charge on any atom is 0.234 e. The minimum absolute atomic E-state index is 0.150. The fourth-order valence-electron chi connectivity index (χ4n) is 2.18. The van der Waals surface area contributed by atoms with E-state index in [4.69, 9.17) is 0 Å². The van der Waals surface area contributed by atoms with Crippen molar-refractivity contribution in [2.24, 2.45) is 0 Å². The van der Waals surface area contributed by atoms with Crippen LogP contribution in [0.1, 0.15) is 38.7 Å².